The van der Waals surface area contributed by atoms with Crippen LogP contribution in [-0.4, -0.2) is 19.4 Å². The van der Waals surface area contributed by atoms with Crippen LogP contribution >= 0.6 is 11.3 Å². The number of fused-ring (bicyclic) bond motifs is 3. The van der Waals surface area contributed by atoms with Gasteiger partial charge in [-0.15, -0.1) is 11.3 Å². The molecule has 6 heteroatoms. The number of para-hydroxylation sites is 1. The number of thiophene rings is 1. The highest BCUT2D eigenvalue weighted by Gasteiger charge is 2.26. The molecular formula is C16H16N2O2S2. The molecule has 0 saturated heterocycles. The second-order valence-corrected chi connectivity index (χ2v) is 8.51. The van der Waals surface area contributed by atoms with Crippen molar-refractivity contribution in [3.63, 3.8) is 0 Å². The van der Waals surface area contributed by atoms with E-state index in [9.17, 15) is 8.42 Å². The summed E-state index contributed by atoms with van der Waals surface area (Å²) in [7, 11) is -3.40. The van der Waals surface area contributed by atoms with Gasteiger partial charge in [-0.25, -0.2) is 13.1 Å². The maximum absolute atomic E-state index is 12.4. The lowest BCUT2D eigenvalue weighted by Gasteiger charge is -2.23. The standard InChI is InChI=1S/C16H16N2O2S2/c19-22(20,16-6-3-9-21-16)18-11-7-8-15-13(10-11)12-4-1-2-5-14(12)17-15/h1-6,9,11,17-18H,7-8,10H2. The van der Waals surface area contributed by atoms with Gasteiger partial charge in [0.2, 0.25) is 10.0 Å². The van der Waals surface area contributed by atoms with Crippen LogP contribution in [0.25, 0.3) is 10.9 Å². The van der Waals surface area contributed by atoms with Gasteiger partial charge in [0.15, 0.2) is 0 Å². The molecule has 0 aliphatic heterocycles. The largest absolute Gasteiger partial charge is 0.358 e. The molecule has 1 aromatic carbocycles. The molecule has 0 radical (unpaired) electrons. The van der Waals surface area contributed by atoms with Crippen molar-refractivity contribution >= 4 is 32.3 Å². The molecule has 0 amide bonds. The lowest BCUT2D eigenvalue weighted by atomic mass is 9.92. The number of nitrogens with one attached hydrogen (secondary N) is 2. The number of benzene rings is 1. The fourth-order valence-corrected chi connectivity index (χ4v) is 5.44. The molecule has 0 bridgehead atoms. The number of aryl methyl sites for hydroxylation is 1. The van der Waals surface area contributed by atoms with Crippen molar-refractivity contribution in [2.45, 2.75) is 29.5 Å². The molecule has 114 valence electrons. The number of rotatable bonds is 3. The Bertz CT molecular complexity index is 911. The molecular weight excluding hydrogens is 316 g/mol. The molecule has 1 unspecified atom stereocenters. The van der Waals surface area contributed by atoms with E-state index in [1.54, 1.807) is 17.5 Å². The first-order valence-corrected chi connectivity index (χ1v) is 9.64. The Morgan fingerprint density at radius 2 is 2.05 bits per heavy atom. The van der Waals surface area contributed by atoms with Crippen LogP contribution in [0.2, 0.25) is 0 Å². The van der Waals surface area contributed by atoms with Crippen molar-refractivity contribution in [3.05, 3.63) is 53.0 Å². The van der Waals surface area contributed by atoms with Crippen LogP contribution < -0.4 is 4.72 Å². The summed E-state index contributed by atoms with van der Waals surface area (Å²) in [6, 6.07) is 11.6. The number of H-pyrrole nitrogens is 1. The molecule has 3 aromatic rings. The van der Waals surface area contributed by atoms with E-state index in [-0.39, 0.29) is 6.04 Å². The lowest BCUT2D eigenvalue weighted by Crippen LogP contribution is -2.38. The third-order valence-electron chi connectivity index (χ3n) is 4.18. The monoisotopic (exact) mass is 332 g/mol. The molecule has 1 aliphatic rings. The third-order valence-corrected chi connectivity index (χ3v) is 7.10. The highest BCUT2D eigenvalue weighted by molar-refractivity contribution is 7.91. The first-order chi connectivity index (χ1) is 10.6. The smallest absolute Gasteiger partial charge is 0.250 e. The molecule has 0 saturated carbocycles. The van der Waals surface area contributed by atoms with Crippen molar-refractivity contribution < 1.29 is 8.42 Å². The Hall–Kier alpha value is -1.63. The average Bonchev–Trinajstić information content (AvgIpc) is 3.14. The van der Waals surface area contributed by atoms with Gasteiger partial charge in [-0.2, -0.15) is 0 Å². The number of hydrogen-bond acceptors (Lipinski definition) is 3. The van der Waals surface area contributed by atoms with E-state index in [0.29, 0.717) is 4.21 Å². The van der Waals surface area contributed by atoms with Gasteiger partial charge in [0.1, 0.15) is 4.21 Å². The van der Waals surface area contributed by atoms with E-state index in [2.05, 4.69) is 21.8 Å². The first kappa shape index (κ1) is 14.0. The van der Waals surface area contributed by atoms with E-state index in [0.717, 1.165) is 24.8 Å². The second-order valence-electron chi connectivity index (χ2n) is 5.62. The summed E-state index contributed by atoms with van der Waals surface area (Å²) in [5, 5.41) is 2.99. The maximum atomic E-state index is 12.4. The zero-order valence-corrected chi connectivity index (χ0v) is 13.5. The number of hydrogen-bond donors (Lipinski definition) is 2. The van der Waals surface area contributed by atoms with Gasteiger partial charge in [0.25, 0.3) is 0 Å². The Balaban J connectivity index is 1.62. The predicted molar refractivity (Wildman–Crippen MR) is 88.8 cm³/mol. The van der Waals surface area contributed by atoms with Gasteiger partial charge in [-0.05, 0) is 42.3 Å². The molecule has 1 atom stereocenters. The molecule has 4 rings (SSSR count). The van der Waals surface area contributed by atoms with Crippen LogP contribution in [0.15, 0.2) is 46.0 Å². The van der Waals surface area contributed by atoms with Crippen LogP contribution in [-0.2, 0) is 22.9 Å². The van der Waals surface area contributed by atoms with Gasteiger partial charge >= 0.3 is 0 Å². The summed E-state index contributed by atoms with van der Waals surface area (Å²) in [6.45, 7) is 0. The number of aromatic nitrogens is 1. The zero-order chi connectivity index (χ0) is 15.2. The van der Waals surface area contributed by atoms with E-state index < -0.39 is 10.0 Å². The van der Waals surface area contributed by atoms with Crippen LogP contribution in [0.3, 0.4) is 0 Å². The molecule has 0 fully saturated rings. The van der Waals surface area contributed by atoms with E-state index in [1.807, 2.05) is 12.1 Å². The van der Waals surface area contributed by atoms with E-state index >= 15 is 0 Å². The van der Waals surface area contributed by atoms with Crippen molar-refractivity contribution in [2.24, 2.45) is 0 Å². The van der Waals surface area contributed by atoms with E-state index in [1.165, 1.54) is 28.0 Å². The lowest BCUT2D eigenvalue weighted by molar-refractivity contribution is 0.507. The minimum absolute atomic E-state index is 0.0428. The van der Waals surface area contributed by atoms with Gasteiger partial charge in [-0.1, -0.05) is 24.3 Å². The summed E-state index contributed by atoms with van der Waals surface area (Å²) in [6.07, 6.45) is 2.44. The normalized spacial score (nSPS) is 18.5. The summed E-state index contributed by atoms with van der Waals surface area (Å²) in [5.74, 6) is 0. The highest BCUT2D eigenvalue weighted by atomic mass is 32.2. The molecule has 22 heavy (non-hydrogen) atoms. The fraction of sp³-hybridized carbons (Fsp3) is 0.250. The van der Waals surface area contributed by atoms with Crippen LogP contribution in [0.1, 0.15) is 17.7 Å². The summed E-state index contributed by atoms with van der Waals surface area (Å²) < 4.78 is 28.0. The zero-order valence-electron chi connectivity index (χ0n) is 11.9. The molecule has 2 N–H and O–H groups in total. The minimum Gasteiger partial charge on any atom is -0.358 e. The Kier molecular flexibility index (Phi) is 3.32. The third kappa shape index (κ3) is 2.37. The second kappa shape index (κ2) is 5.22. The fourth-order valence-electron chi connectivity index (χ4n) is 3.16. The van der Waals surface area contributed by atoms with Gasteiger partial charge in [0, 0.05) is 22.6 Å². The van der Waals surface area contributed by atoms with Crippen LogP contribution in [0, 0.1) is 0 Å². The predicted octanol–water partition coefficient (Wildman–Crippen LogP) is 3.07. The van der Waals surface area contributed by atoms with Gasteiger partial charge < -0.3 is 4.98 Å². The Morgan fingerprint density at radius 3 is 2.86 bits per heavy atom. The maximum Gasteiger partial charge on any atom is 0.250 e. The SMILES string of the molecule is O=S(=O)(NC1CCc2[nH]c3ccccc3c2C1)c1cccs1. The number of aromatic amines is 1. The van der Waals surface area contributed by atoms with Gasteiger partial charge in [0.05, 0.1) is 0 Å². The minimum atomic E-state index is -3.40. The van der Waals surface area contributed by atoms with Crippen molar-refractivity contribution in [1.82, 2.24) is 9.71 Å². The quantitative estimate of drug-likeness (QED) is 0.774. The Labute approximate surface area is 133 Å². The molecule has 2 heterocycles. The van der Waals surface area contributed by atoms with Crippen molar-refractivity contribution in [2.75, 3.05) is 0 Å². The molecule has 2 aromatic heterocycles. The van der Waals surface area contributed by atoms with Crippen LogP contribution in [0.5, 0.6) is 0 Å². The van der Waals surface area contributed by atoms with Crippen molar-refractivity contribution in [1.29, 1.82) is 0 Å². The topological polar surface area (TPSA) is 62.0 Å². The highest BCUT2D eigenvalue weighted by Crippen LogP contribution is 2.29. The first-order valence-electron chi connectivity index (χ1n) is 7.28. The summed E-state index contributed by atoms with van der Waals surface area (Å²) in [4.78, 5) is 3.45. The van der Waals surface area contributed by atoms with Crippen molar-refractivity contribution in [3.8, 4) is 0 Å². The molecule has 4 nitrogen and oxygen atoms in total. The average molecular weight is 332 g/mol. The summed E-state index contributed by atoms with van der Waals surface area (Å²) in [5.41, 5.74) is 3.63. The molecule has 1 aliphatic carbocycles. The summed E-state index contributed by atoms with van der Waals surface area (Å²) >= 11 is 1.25. The van der Waals surface area contributed by atoms with E-state index in [4.69, 9.17) is 0 Å². The van der Waals surface area contributed by atoms with Crippen LogP contribution in [0.4, 0.5) is 0 Å². The Morgan fingerprint density at radius 1 is 1.18 bits per heavy atom. The van der Waals surface area contributed by atoms with Gasteiger partial charge in [-0.3, -0.25) is 0 Å². The molecule has 0 spiro atoms. The number of sulfonamides is 1.